The van der Waals surface area contributed by atoms with Crippen LogP contribution in [-0.2, 0) is 20.8 Å². The molecule has 0 spiro atoms. The monoisotopic (exact) mass is 525 g/mol. The Morgan fingerprint density at radius 1 is 0.972 bits per heavy atom. The molecule has 0 radical (unpaired) electrons. The van der Waals surface area contributed by atoms with Gasteiger partial charge in [0.25, 0.3) is 5.91 Å². The third-order valence-electron chi connectivity index (χ3n) is 5.80. The van der Waals surface area contributed by atoms with E-state index >= 15 is 0 Å². The summed E-state index contributed by atoms with van der Waals surface area (Å²) in [7, 11) is 0. The number of carbonyl (C=O) groups is 3. The molecule has 0 saturated carbocycles. The fourth-order valence-corrected chi connectivity index (χ4v) is 4.26. The third-order valence-corrected chi connectivity index (χ3v) is 6.61. The highest BCUT2D eigenvalue weighted by Crippen LogP contribution is 2.30. The molecule has 186 valence electrons. The Kier molecular flexibility index (Phi) is 8.46. The van der Waals surface area contributed by atoms with Crippen LogP contribution in [-0.4, -0.2) is 37.4 Å². The lowest BCUT2D eigenvalue weighted by molar-refractivity contribution is -0.126. The number of carbonyl (C=O) groups excluding carboxylic acids is 3. The van der Waals surface area contributed by atoms with Crippen LogP contribution in [0.1, 0.15) is 12.0 Å². The molecule has 3 aromatic rings. The van der Waals surface area contributed by atoms with Crippen LogP contribution in [0.4, 0.5) is 11.4 Å². The van der Waals surface area contributed by atoms with Crippen molar-refractivity contribution >= 4 is 52.3 Å². The van der Waals surface area contributed by atoms with Crippen LogP contribution in [0.15, 0.2) is 72.8 Å². The molecule has 1 aliphatic heterocycles. The normalized spacial score (nSPS) is 15.0. The maximum Gasteiger partial charge on any atom is 0.262 e. The SMILES string of the molecule is O=C(COc1ccc(N2C[C@@H](C(=O)NCCc3ccccc3)CC2=O)cc1)Nc1cccc(Cl)c1Cl. The van der Waals surface area contributed by atoms with Crippen LogP contribution in [0.2, 0.25) is 10.0 Å². The van der Waals surface area contributed by atoms with Gasteiger partial charge in [0.1, 0.15) is 5.75 Å². The van der Waals surface area contributed by atoms with Gasteiger partial charge in [0.15, 0.2) is 6.61 Å². The number of benzene rings is 3. The first-order valence-electron chi connectivity index (χ1n) is 11.5. The molecule has 2 N–H and O–H groups in total. The van der Waals surface area contributed by atoms with Crippen molar-refractivity contribution in [1.82, 2.24) is 5.32 Å². The van der Waals surface area contributed by atoms with E-state index < -0.39 is 5.92 Å². The molecule has 4 rings (SSSR count). The minimum Gasteiger partial charge on any atom is -0.484 e. The van der Waals surface area contributed by atoms with E-state index in [2.05, 4.69) is 10.6 Å². The molecule has 1 fully saturated rings. The maximum atomic E-state index is 12.6. The Balaban J connectivity index is 1.25. The van der Waals surface area contributed by atoms with E-state index in [4.69, 9.17) is 27.9 Å². The predicted octanol–water partition coefficient (Wildman–Crippen LogP) is 4.72. The van der Waals surface area contributed by atoms with Gasteiger partial charge in [-0.05, 0) is 48.4 Å². The van der Waals surface area contributed by atoms with Gasteiger partial charge in [0.2, 0.25) is 11.8 Å². The van der Waals surface area contributed by atoms with Gasteiger partial charge in [-0.15, -0.1) is 0 Å². The Bertz CT molecular complexity index is 1240. The summed E-state index contributed by atoms with van der Waals surface area (Å²) in [5, 5.41) is 6.19. The third kappa shape index (κ3) is 6.56. The highest BCUT2D eigenvalue weighted by molar-refractivity contribution is 6.44. The van der Waals surface area contributed by atoms with E-state index in [0.717, 1.165) is 12.0 Å². The first kappa shape index (κ1) is 25.5. The number of amides is 3. The lowest BCUT2D eigenvalue weighted by Gasteiger charge is -2.17. The lowest BCUT2D eigenvalue weighted by atomic mass is 10.1. The first-order chi connectivity index (χ1) is 17.4. The number of ether oxygens (including phenoxy) is 1. The number of nitrogens with one attached hydrogen (secondary N) is 2. The van der Waals surface area contributed by atoms with Crippen LogP contribution in [0, 0.1) is 5.92 Å². The van der Waals surface area contributed by atoms with Gasteiger partial charge in [0, 0.05) is 25.2 Å². The zero-order chi connectivity index (χ0) is 25.5. The molecular weight excluding hydrogens is 501 g/mol. The first-order valence-corrected chi connectivity index (χ1v) is 12.2. The van der Waals surface area contributed by atoms with Crippen molar-refractivity contribution in [2.24, 2.45) is 5.92 Å². The summed E-state index contributed by atoms with van der Waals surface area (Å²) in [6, 6.07) is 21.7. The van der Waals surface area contributed by atoms with Crippen molar-refractivity contribution in [2.75, 3.05) is 29.9 Å². The van der Waals surface area contributed by atoms with E-state index in [0.29, 0.717) is 35.2 Å². The van der Waals surface area contributed by atoms with Crippen LogP contribution in [0.5, 0.6) is 5.75 Å². The zero-order valence-corrected chi connectivity index (χ0v) is 20.9. The average Bonchev–Trinajstić information content (AvgIpc) is 3.28. The highest BCUT2D eigenvalue weighted by Gasteiger charge is 2.35. The van der Waals surface area contributed by atoms with E-state index in [1.54, 1.807) is 47.4 Å². The van der Waals surface area contributed by atoms with Crippen LogP contribution in [0.3, 0.4) is 0 Å². The van der Waals surface area contributed by atoms with Crippen molar-refractivity contribution in [3.8, 4) is 5.75 Å². The van der Waals surface area contributed by atoms with E-state index in [-0.39, 0.29) is 35.8 Å². The predicted molar refractivity (Wildman–Crippen MR) is 141 cm³/mol. The Morgan fingerprint density at radius 2 is 1.72 bits per heavy atom. The second kappa shape index (κ2) is 11.9. The van der Waals surface area contributed by atoms with Gasteiger partial charge in [0.05, 0.1) is 21.7 Å². The molecule has 0 aromatic heterocycles. The summed E-state index contributed by atoms with van der Waals surface area (Å²) in [4.78, 5) is 38.9. The molecule has 9 heteroatoms. The molecule has 0 unspecified atom stereocenters. The van der Waals surface area contributed by atoms with Crippen molar-refractivity contribution in [1.29, 1.82) is 0 Å². The Labute approximate surface area is 219 Å². The number of halogens is 2. The molecule has 36 heavy (non-hydrogen) atoms. The van der Waals surface area contributed by atoms with Crippen LogP contribution >= 0.6 is 23.2 Å². The van der Waals surface area contributed by atoms with Crippen molar-refractivity contribution in [3.63, 3.8) is 0 Å². The molecule has 3 aromatic carbocycles. The fourth-order valence-electron chi connectivity index (χ4n) is 3.91. The van der Waals surface area contributed by atoms with Gasteiger partial charge < -0.3 is 20.3 Å². The summed E-state index contributed by atoms with van der Waals surface area (Å²) in [6.07, 6.45) is 0.907. The topological polar surface area (TPSA) is 87.7 Å². The number of hydrogen-bond acceptors (Lipinski definition) is 4. The molecule has 1 saturated heterocycles. The van der Waals surface area contributed by atoms with Crippen LogP contribution in [0.25, 0.3) is 0 Å². The quantitative estimate of drug-likeness (QED) is 0.423. The van der Waals surface area contributed by atoms with Gasteiger partial charge in [-0.2, -0.15) is 0 Å². The number of rotatable bonds is 9. The summed E-state index contributed by atoms with van der Waals surface area (Å²) < 4.78 is 5.54. The summed E-state index contributed by atoms with van der Waals surface area (Å²) in [5.74, 6) is -0.546. The van der Waals surface area contributed by atoms with E-state index in [1.165, 1.54) is 0 Å². The minimum atomic E-state index is -0.397. The number of nitrogens with zero attached hydrogens (tertiary/aromatic N) is 1. The standard InChI is InChI=1S/C27H25Cl2N3O4/c28-22-7-4-8-23(26(22)29)31-24(33)17-36-21-11-9-20(10-12-21)32-16-19(15-25(32)34)27(35)30-14-13-18-5-2-1-3-6-18/h1-12,19H,13-17H2,(H,30,35)(H,31,33)/t19-/m0/s1. The molecular formula is C27H25Cl2N3O4. The Hall–Kier alpha value is -3.55. The second-order valence-corrected chi connectivity index (χ2v) is 9.15. The molecule has 3 amide bonds. The summed E-state index contributed by atoms with van der Waals surface area (Å²) in [6.45, 7) is 0.617. The van der Waals surface area contributed by atoms with E-state index in [9.17, 15) is 14.4 Å². The summed E-state index contributed by atoms with van der Waals surface area (Å²) in [5.41, 5.74) is 2.22. The lowest BCUT2D eigenvalue weighted by Crippen LogP contribution is -2.34. The molecule has 1 atom stereocenters. The smallest absolute Gasteiger partial charge is 0.262 e. The molecule has 0 bridgehead atoms. The number of anilines is 2. The van der Waals surface area contributed by atoms with Gasteiger partial charge in [-0.1, -0.05) is 59.6 Å². The molecule has 7 nitrogen and oxygen atoms in total. The van der Waals surface area contributed by atoms with Gasteiger partial charge >= 0.3 is 0 Å². The molecule has 1 aliphatic rings. The minimum absolute atomic E-state index is 0.107. The largest absolute Gasteiger partial charge is 0.484 e. The highest BCUT2D eigenvalue weighted by atomic mass is 35.5. The summed E-state index contributed by atoms with van der Waals surface area (Å²) >= 11 is 12.0. The van der Waals surface area contributed by atoms with Gasteiger partial charge in [-0.25, -0.2) is 0 Å². The van der Waals surface area contributed by atoms with Crippen molar-refractivity contribution in [2.45, 2.75) is 12.8 Å². The number of hydrogen-bond donors (Lipinski definition) is 2. The maximum absolute atomic E-state index is 12.6. The zero-order valence-electron chi connectivity index (χ0n) is 19.4. The molecule has 0 aliphatic carbocycles. The van der Waals surface area contributed by atoms with Crippen LogP contribution < -0.4 is 20.3 Å². The fraction of sp³-hybridized carbons (Fsp3) is 0.222. The van der Waals surface area contributed by atoms with E-state index in [1.807, 2.05) is 30.3 Å². The van der Waals surface area contributed by atoms with Crippen molar-refractivity contribution in [3.05, 3.63) is 88.4 Å². The molecule has 1 heterocycles. The Morgan fingerprint density at radius 3 is 2.47 bits per heavy atom. The average molecular weight is 526 g/mol. The van der Waals surface area contributed by atoms with Gasteiger partial charge in [-0.3, -0.25) is 14.4 Å². The van der Waals surface area contributed by atoms with Crippen molar-refractivity contribution < 1.29 is 19.1 Å². The second-order valence-electron chi connectivity index (χ2n) is 8.36.